The van der Waals surface area contributed by atoms with E-state index in [1.807, 2.05) is 24.3 Å². The number of alkyl halides is 1. The Kier molecular flexibility index (Phi) is 4.82. The van der Waals surface area contributed by atoms with Crippen molar-refractivity contribution < 1.29 is 9.53 Å². The molecule has 0 spiro atoms. The second-order valence-corrected chi connectivity index (χ2v) is 4.05. The summed E-state index contributed by atoms with van der Waals surface area (Å²) in [6, 6.07) is 7.68. The second-order valence-electron chi connectivity index (χ2n) is 3.49. The van der Waals surface area contributed by atoms with Gasteiger partial charge in [-0.15, -0.1) is 0 Å². The van der Waals surface area contributed by atoms with Crippen LogP contribution in [0.4, 0.5) is 0 Å². The SMILES string of the molecule is CCC(C)c1ccc(OC(=O)CBr)cc1. The zero-order valence-electron chi connectivity index (χ0n) is 9.00. The van der Waals surface area contributed by atoms with E-state index < -0.39 is 0 Å². The van der Waals surface area contributed by atoms with Crippen LogP contribution >= 0.6 is 15.9 Å². The van der Waals surface area contributed by atoms with Crippen LogP contribution in [0.3, 0.4) is 0 Å². The van der Waals surface area contributed by atoms with Crippen LogP contribution in [0.5, 0.6) is 5.75 Å². The number of carbonyl (C=O) groups excluding carboxylic acids is 1. The number of rotatable bonds is 4. The Labute approximate surface area is 98.8 Å². The van der Waals surface area contributed by atoms with Crippen LogP contribution in [0.25, 0.3) is 0 Å². The van der Waals surface area contributed by atoms with Crippen LogP contribution < -0.4 is 4.74 Å². The minimum atomic E-state index is -0.272. The third kappa shape index (κ3) is 3.67. The molecule has 82 valence electrons. The fourth-order valence-corrected chi connectivity index (χ4v) is 1.37. The molecule has 0 bridgehead atoms. The first kappa shape index (κ1) is 12.2. The van der Waals surface area contributed by atoms with Crippen molar-refractivity contribution in [2.75, 3.05) is 5.33 Å². The summed E-state index contributed by atoms with van der Waals surface area (Å²) in [7, 11) is 0. The van der Waals surface area contributed by atoms with Crippen molar-refractivity contribution >= 4 is 21.9 Å². The van der Waals surface area contributed by atoms with Crippen molar-refractivity contribution in [1.82, 2.24) is 0 Å². The van der Waals surface area contributed by atoms with E-state index in [1.54, 1.807) is 0 Å². The highest BCUT2D eigenvalue weighted by atomic mass is 79.9. The Hall–Kier alpha value is -0.830. The number of ether oxygens (including phenoxy) is 1. The van der Waals surface area contributed by atoms with Gasteiger partial charge in [0.1, 0.15) is 11.1 Å². The summed E-state index contributed by atoms with van der Waals surface area (Å²) in [6.45, 7) is 4.34. The Morgan fingerprint density at radius 2 is 2.00 bits per heavy atom. The molecule has 0 saturated carbocycles. The summed E-state index contributed by atoms with van der Waals surface area (Å²) in [6.07, 6.45) is 1.11. The van der Waals surface area contributed by atoms with E-state index in [0.717, 1.165) is 6.42 Å². The van der Waals surface area contributed by atoms with Gasteiger partial charge in [0.2, 0.25) is 0 Å². The molecule has 3 heteroatoms. The number of carbonyl (C=O) groups is 1. The molecule has 1 unspecified atom stereocenters. The normalized spacial score (nSPS) is 12.2. The fourth-order valence-electron chi connectivity index (χ4n) is 1.26. The molecule has 2 nitrogen and oxygen atoms in total. The molecule has 1 atom stereocenters. The van der Waals surface area contributed by atoms with Gasteiger partial charge >= 0.3 is 5.97 Å². The Morgan fingerprint density at radius 3 is 2.47 bits per heavy atom. The lowest BCUT2D eigenvalue weighted by molar-refractivity contribution is -0.131. The first-order chi connectivity index (χ1) is 7.17. The molecule has 0 saturated heterocycles. The molecule has 0 aliphatic heterocycles. The van der Waals surface area contributed by atoms with Crippen molar-refractivity contribution in [2.45, 2.75) is 26.2 Å². The largest absolute Gasteiger partial charge is 0.426 e. The number of hydrogen-bond acceptors (Lipinski definition) is 2. The van der Waals surface area contributed by atoms with Gasteiger partial charge in [0.15, 0.2) is 0 Å². The van der Waals surface area contributed by atoms with Gasteiger partial charge in [-0.25, -0.2) is 0 Å². The van der Waals surface area contributed by atoms with Crippen LogP contribution in [-0.4, -0.2) is 11.3 Å². The third-order valence-corrected chi connectivity index (χ3v) is 2.86. The first-order valence-corrected chi connectivity index (χ1v) is 6.16. The maximum Gasteiger partial charge on any atom is 0.321 e. The lowest BCUT2D eigenvalue weighted by Gasteiger charge is -2.09. The molecule has 1 rings (SSSR count). The zero-order valence-corrected chi connectivity index (χ0v) is 10.6. The Bertz CT molecular complexity index is 319. The fraction of sp³-hybridized carbons (Fsp3) is 0.417. The molecule has 1 aromatic rings. The van der Waals surface area contributed by atoms with Gasteiger partial charge in [-0.3, -0.25) is 4.79 Å². The highest BCUT2D eigenvalue weighted by molar-refractivity contribution is 9.09. The van der Waals surface area contributed by atoms with E-state index in [0.29, 0.717) is 11.7 Å². The van der Waals surface area contributed by atoms with Gasteiger partial charge in [0.05, 0.1) is 0 Å². The maximum absolute atomic E-state index is 11.0. The molecule has 0 aliphatic carbocycles. The van der Waals surface area contributed by atoms with Gasteiger partial charge in [-0.2, -0.15) is 0 Å². The van der Waals surface area contributed by atoms with E-state index in [9.17, 15) is 4.79 Å². The molecule has 1 aromatic carbocycles. The monoisotopic (exact) mass is 270 g/mol. The van der Waals surface area contributed by atoms with Gasteiger partial charge in [0, 0.05) is 0 Å². The summed E-state index contributed by atoms with van der Waals surface area (Å²) < 4.78 is 5.05. The third-order valence-electron chi connectivity index (χ3n) is 2.40. The second kappa shape index (κ2) is 5.91. The lowest BCUT2D eigenvalue weighted by Crippen LogP contribution is -2.08. The van der Waals surface area contributed by atoms with Crippen LogP contribution in [0.15, 0.2) is 24.3 Å². The zero-order chi connectivity index (χ0) is 11.3. The quantitative estimate of drug-likeness (QED) is 0.476. The number of esters is 1. The van der Waals surface area contributed by atoms with Crippen LogP contribution in [0.1, 0.15) is 31.7 Å². The molecule has 0 aromatic heterocycles. The summed E-state index contributed by atoms with van der Waals surface area (Å²) in [5.74, 6) is 0.878. The molecule has 0 aliphatic rings. The highest BCUT2D eigenvalue weighted by Gasteiger charge is 2.05. The van der Waals surface area contributed by atoms with E-state index in [4.69, 9.17) is 4.74 Å². The maximum atomic E-state index is 11.0. The summed E-state index contributed by atoms with van der Waals surface area (Å²) in [5.41, 5.74) is 1.27. The molecule has 0 fully saturated rings. The van der Waals surface area contributed by atoms with E-state index in [1.165, 1.54) is 5.56 Å². The van der Waals surface area contributed by atoms with E-state index in [-0.39, 0.29) is 11.3 Å². The van der Waals surface area contributed by atoms with Crippen molar-refractivity contribution in [3.05, 3.63) is 29.8 Å². The molecular weight excluding hydrogens is 256 g/mol. The van der Waals surface area contributed by atoms with Crippen LogP contribution in [-0.2, 0) is 4.79 Å². The molecule has 0 amide bonds. The summed E-state index contributed by atoms with van der Waals surface area (Å²) in [4.78, 5) is 11.0. The predicted octanol–water partition coefficient (Wildman–Crippen LogP) is 3.50. The molecule has 0 radical (unpaired) electrons. The minimum Gasteiger partial charge on any atom is -0.426 e. The van der Waals surface area contributed by atoms with Gasteiger partial charge in [-0.05, 0) is 30.0 Å². The smallest absolute Gasteiger partial charge is 0.321 e. The Balaban J connectivity index is 2.68. The standard InChI is InChI=1S/C12H15BrO2/c1-3-9(2)10-4-6-11(7-5-10)15-12(14)8-13/h4-7,9H,3,8H2,1-2H3. The Morgan fingerprint density at radius 1 is 1.40 bits per heavy atom. The van der Waals surface area contributed by atoms with Gasteiger partial charge < -0.3 is 4.74 Å². The van der Waals surface area contributed by atoms with Gasteiger partial charge in [-0.1, -0.05) is 41.9 Å². The molecule has 0 N–H and O–H groups in total. The number of hydrogen-bond donors (Lipinski definition) is 0. The molecular formula is C12H15BrO2. The average Bonchev–Trinajstić information content (AvgIpc) is 2.29. The van der Waals surface area contributed by atoms with Crippen molar-refractivity contribution in [3.8, 4) is 5.75 Å². The first-order valence-electron chi connectivity index (χ1n) is 5.04. The molecule has 0 heterocycles. The average molecular weight is 271 g/mol. The van der Waals surface area contributed by atoms with E-state index in [2.05, 4.69) is 29.8 Å². The van der Waals surface area contributed by atoms with Crippen molar-refractivity contribution in [2.24, 2.45) is 0 Å². The van der Waals surface area contributed by atoms with Crippen molar-refractivity contribution in [3.63, 3.8) is 0 Å². The predicted molar refractivity (Wildman–Crippen MR) is 64.6 cm³/mol. The summed E-state index contributed by atoms with van der Waals surface area (Å²) in [5, 5.41) is 0.222. The molecule has 15 heavy (non-hydrogen) atoms. The highest BCUT2D eigenvalue weighted by Crippen LogP contribution is 2.21. The summed E-state index contributed by atoms with van der Waals surface area (Å²) >= 11 is 3.05. The van der Waals surface area contributed by atoms with Crippen LogP contribution in [0, 0.1) is 0 Å². The van der Waals surface area contributed by atoms with Crippen LogP contribution in [0.2, 0.25) is 0 Å². The topological polar surface area (TPSA) is 26.3 Å². The lowest BCUT2D eigenvalue weighted by atomic mass is 9.99. The van der Waals surface area contributed by atoms with E-state index >= 15 is 0 Å². The van der Waals surface area contributed by atoms with Crippen molar-refractivity contribution in [1.29, 1.82) is 0 Å². The number of halogens is 1. The minimum absolute atomic E-state index is 0.222. The van der Waals surface area contributed by atoms with Gasteiger partial charge in [0.25, 0.3) is 0 Å². The number of benzene rings is 1.